The number of hydrogen-bond acceptors (Lipinski definition) is 1. The van der Waals surface area contributed by atoms with Gasteiger partial charge in [0.2, 0.25) is 5.91 Å². The van der Waals surface area contributed by atoms with Crippen LogP contribution in [0.25, 0.3) is 0 Å². The first kappa shape index (κ1) is 9.21. The van der Waals surface area contributed by atoms with Crippen LogP contribution in [0.1, 0.15) is 20.3 Å². The lowest BCUT2D eigenvalue weighted by molar-refractivity contribution is -0.127. The Kier molecular flexibility index (Phi) is 3.77. The van der Waals surface area contributed by atoms with Gasteiger partial charge in [-0.3, -0.25) is 4.79 Å². The zero-order valence-electron chi connectivity index (χ0n) is 7.14. The van der Waals surface area contributed by atoms with Crippen molar-refractivity contribution in [3.8, 4) is 0 Å². The molecule has 0 aromatic heterocycles. The molecule has 2 heteroatoms. The standard InChI is InChI=1S/C8H15NO/c1-5-7(2)6-8(10)9(3)4/h5H,6H2,1-4H3/b7-5+. The molecular formula is C8H15NO. The van der Waals surface area contributed by atoms with Crippen LogP contribution >= 0.6 is 0 Å². The van der Waals surface area contributed by atoms with Crippen molar-refractivity contribution in [2.75, 3.05) is 14.1 Å². The molecule has 0 aliphatic rings. The van der Waals surface area contributed by atoms with Crippen LogP contribution in [-0.2, 0) is 4.79 Å². The van der Waals surface area contributed by atoms with Crippen molar-refractivity contribution in [1.82, 2.24) is 4.90 Å². The van der Waals surface area contributed by atoms with Gasteiger partial charge in [0.25, 0.3) is 0 Å². The summed E-state index contributed by atoms with van der Waals surface area (Å²) >= 11 is 0. The molecule has 0 aromatic carbocycles. The van der Waals surface area contributed by atoms with E-state index in [0.717, 1.165) is 5.57 Å². The Labute approximate surface area is 62.5 Å². The fourth-order valence-electron chi connectivity index (χ4n) is 0.499. The molecule has 0 aliphatic heterocycles. The predicted octanol–water partition coefficient (Wildman–Crippen LogP) is 1.43. The second-order valence-corrected chi connectivity index (χ2v) is 2.60. The summed E-state index contributed by atoms with van der Waals surface area (Å²) in [6.45, 7) is 3.90. The molecule has 0 heterocycles. The van der Waals surface area contributed by atoms with Gasteiger partial charge in [0.1, 0.15) is 0 Å². The van der Waals surface area contributed by atoms with Crippen LogP contribution in [0.2, 0.25) is 0 Å². The van der Waals surface area contributed by atoms with Crippen molar-refractivity contribution in [2.45, 2.75) is 20.3 Å². The highest BCUT2D eigenvalue weighted by Gasteiger charge is 2.02. The zero-order chi connectivity index (χ0) is 8.15. The predicted molar refractivity (Wildman–Crippen MR) is 42.7 cm³/mol. The molecule has 0 atom stereocenters. The van der Waals surface area contributed by atoms with Crippen molar-refractivity contribution in [1.29, 1.82) is 0 Å². The first-order valence-corrected chi connectivity index (χ1v) is 3.40. The lowest BCUT2D eigenvalue weighted by atomic mass is 10.2. The molecule has 0 saturated carbocycles. The maximum Gasteiger partial charge on any atom is 0.226 e. The highest BCUT2D eigenvalue weighted by Crippen LogP contribution is 2.00. The Morgan fingerprint density at radius 2 is 2.00 bits per heavy atom. The Balaban J connectivity index is 3.81. The van der Waals surface area contributed by atoms with Crippen LogP contribution in [0.3, 0.4) is 0 Å². The van der Waals surface area contributed by atoms with Crippen LogP contribution in [-0.4, -0.2) is 24.9 Å². The monoisotopic (exact) mass is 141 g/mol. The number of rotatable bonds is 2. The van der Waals surface area contributed by atoms with E-state index in [2.05, 4.69) is 0 Å². The van der Waals surface area contributed by atoms with Crippen LogP contribution in [0.5, 0.6) is 0 Å². The van der Waals surface area contributed by atoms with Gasteiger partial charge < -0.3 is 4.90 Å². The van der Waals surface area contributed by atoms with E-state index in [0.29, 0.717) is 6.42 Å². The van der Waals surface area contributed by atoms with Gasteiger partial charge in [0.05, 0.1) is 0 Å². The SMILES string of the molecule is C/C=C(\C)CC(=O)N(C)C. The maximum atomic E-state index is 11.0. The lowest BCUT2D eigenvalue weighted by Gasteiger charge is -2.09. The highest BCUT2D eigenvalue weighted by molar-refractivity contribution is 5.77. The Bertz CT molecular complexity index is 147. The minimum Gasteiger partial charge on any atom is -0.349 e. The van der Waals surface area contributed by atoms with Gasteiger partial charge in [0, 0.05) is 20.5 Å². The minimum absolute atomic E-state index is 0.163. The van der Waals surface area contributed by atoms with Crippen molar-refractivity contribution < 1.29 is 4.79 Å². The molecule has 0 bridgehead atoms. The first-order valence-electron chi connectivity index (χ1n) is 3.40. The molecule has 0 fully saturated rings. The largest absolute Gasteiger partial charge is 0.349 e. The van der Waals surface area contributed by atoms with Gasteiger partial charge in [-0.1, -0.05) is 11.6 Å². The van der Waals surface area contributed by atoms with Crippen molar-refractivity contribution in [2.24, 2.45) is 0 Å². The summed E-state index contributed by atoms with van der Waals surface area (Å²) in [6, 6.07) is 0. The van der Waals surface area contributed by atoms with E-state index >= 15 is 0 Å². The molecule has 0 spiro atoms. The van der Waals surface area contributed by atoms with Gasteiger partial charge in [-0.2, -0.15) is 0 Å². The summed E-state index contributed by atoms with van der Waals surface area (Å²) in [5.41, 5.74) is 1.12. The molecule has 0 unspecified atom stereocenters. The van der Waals surface area contributed by atoms with Crippen molar-refractivity contribution in [3.63, 3.8) is 0 Å². The smallest absolute Gasteiger partial charge is 0.226 e. The molecule has 0 rings (SSSR count). The summed E-state index contributed by atoms with van der Waals surface area (Å²) in [4.78, 5) is 12.6. The molecule has 0 aliphatic carbocycles. The normalized spacial score (nSPS) is 11.4. The molecule has 58 valence electrons. The van der Waals surface area contributed by atoms with Gasteiger partial charge in [-0.05, 0) is 13.8 Å². The van der Waals surface area contributed by atoms with E-state index in [4.69, 9.17) is 0 Å². The molecule has 0 radical (unpaired) electrons. The third-order valence-corrected chi connectivity index (χ3v) is 1.42. The van der Waals surface area contributed by atoms with E-state index in [1.165, 1.54) is 0 Å². The highest BCUT2D eigenvalue weighted by atomic mass is 16.2. The Morgan fingerprint density at radius 1 is 1.50 bits per heavy atom. The molecule has 0 N–H and O–H groups in total. The van der Waals surface area contributed by atoms with Gasteiger partial charge in [-0.25, -0.2) is 0 Å². The topological polar surface area (TPSA) is 20.3 Å². The summed E-state index contributed by atoms with van der Waals surface area (Å²) < 4.78 is 0. The summed E-state index contributed by atoms with van der Waals surface area (Å²) in [6.07, 6.45) is 2.50. The quantitative estimate of drug-likeness (QED) is 0.533. The molecule has 1 amide bonds. The third kappa shape index (κ3) is 3.28. The fraction of sp³-hybridized carbons (Fsp3) is 0.625. The van der Waals surface area contributed by atoms with Crippen molar-refractivity contribution >= 4 is 5.91 Å². The van der Waals surface area contributed by atoms with Gasteiger partial charge in [0.15, 0.2) is 0 Å². The Hall–Kier alpha value is -0.790. The number of amides is 1. The van der Waals surface area contributed by atoms with E-state index in [1.807, 2.05) is 19.9 Å². The van der Waals surface area contributed by atoms with Crippen molar-refractivity contribution in [3.05, 3.63) is 11.6 Å². The maximum absolute atomic E-state index is 11.0. The molecule has 0 aromatic rings. The fourth-order valence-corrected chi connectivity index (χ4v) is 0.499. The van der Waals surface area contributed by atoms with Crippen LogP contribution in [0.4, 0.5) is 0 Å². The number of allylic oxidation sites excluding steroid dienone is 1. The van der Waals surface area contributed by atoms with Crippen LogP contribution < -0.4 is 0 Å². The van der Waals surface area contributed by atoms with Crippen LogP contribution in [0.15, 0.2) is 11.6 Å². The molecular weight excluding hydrogens is 126 g/mol. The molecule has 0 saturated heterocycles. The second-order valence-electron chi connectivity index (χ2n) is 2.60. The minimum atomic E-state index is 0.163. The average Bonchev–Trinajstić information content (AvgIpc) is 1.87. The Morgan fingerprint density at radius 3 is 2.30 bits per heavy atom. The summed E-state index contributed by atoms with van der Waals surface area (Å²) in [5, 5.41) is 0. The van der Waals surface area contributed by atoms with Gasteiger partial charge >= 0.3 is 0 Å². The summed E-state index contributed by atoms with van der Waals surface area (Å²) in [5.74, 6) is 0.163. The lowest BCUT2D eigenvalue weighted by Crippen LogP contribution is -2.21. The summed E-state index contributed by atoms with van der Waals surface area (Å²) in [7, 11) is 3.54. The number of nitrogens with zero attached hydrogens (tertiary/aromatic N) is 1. The molecule has 10 heavy (non-hydrogen) atoms. The zero-order valence-corrected chi connectivity index (χ0v) is 7.14. The van der Waals surface area contributed by atoms with E-state index in [9.17, 15) is 4.79 Å². The van der Waals surface area contributed by atoms with Crippen LogP contribution in [0, 0.1) is 0 Å². The average molecular weight is 141 g/mol. The number of hydrogen-bond donors (Lipinski definition) is 0. The number of carbonyl (C=O) groups is 1. The van der Waals surface area contributed by atoms with E-state index in [1.54, 1.807) is 19.0 Å². The van der Waals surface area contributed by atoms with E-state index in [-0.39, 0.29) is 5.91 Å². The van der Waals surface area contributed by atoms with E-state index < -0.39 is 0 Å². The second kappa shape index (κ2) is 4.09. The first-order chi connectivity index (χ1) is 4.57. The molecule has 2 nitrogen and oxygen atoms in total. The third-order valence-electron chi connectivity index (χ3n) is 1.42. The van der Waals surface area contributed by atoms with Gasteiger partial charge in [-0.15, -0.1) is 0 Å². The number of carbonyl (C=O) groups excluding carboxylic acids is 1.